The fraction of sp³-hybridized carbons (Fsp3) is 0.636. The van der Waals surface area contributed by atoms with Gasteiger partial charge in [0.05, 0.1) is 0 Å². The Kier molecular flexibility index (Phi) is 7.06. The summed E-state index contributed by atoms with van der Waals surface area (Å²) < 4.78 is 5.50. The average molecular weight is 422 g/mol. The van der Waals surface area contributed by atoms with Gasteiger partial charge in [0, 0.05) is 44.3 Å². The number of halogens is 1. The summed E-state index contributed by atoms with van der Waals surface area (Å²) in [7, 11) is 0. The lowest BCUT2D eigenvalue weighted by Gasteiger charge is -2.31. The van der Waals surface area contributed by atoms with Gasteiger partial charge in [0.1, 0.15) is 11.6 Å². The molecule has 1 aromatic rings. The number of rotatable bonds is 3. The zero-order chi connectivity index (χ0) is 21.0. The van der Waals surface area contributed by atoms with Crippen LogP contribution in [0.3, 0.4) is 0 Å². The second-order valence-corrected chi connectivity index (χ2v) is 9.35. The molecule has 2 aliphatic rings. The third kappa shape index (κ3) is 6.09. The summed E-state index contributed by atoms with van der Waals surface area (Å²) in [5.41, 5.74) is 0.666. The van der Waals surface area contributed by atoms with Crippen molar-refractivity contribution in [3.63, 3.8) is 0 Å². The first kappa shape index (κ1) is 21.9. The van der Waals surface area contributed by atoms with E-state index in [1.54, 1.807) is 4.90 Å². The summed E-state index contributed by atoms with van der Waals surface area (Å²) in [5.74, 6) is 0.0571. The Labute approximate surface area is 178 Å². The van der Waals surface area contributed by atoms with Gasteiger partial charge in [0.25, 0.3) is 0 Å². The van der Waals surface area contributed by atoms with Crippen LogP contribution in [0.15, 0.2) is 24.3 Å². The molecular weight excluding hydrogens is 390 g/mol. The van der Waals surface area contributed by atoms with Gasteiger partial charge in [0.15, 0.2) is 0 Å². The third-order valence-electron chi connectivity index (χ3n) is 5.39. The molecule has 2 fully saturated rings. The van der Waals surface area contributed by atoms with Crippen LogP contribution in [0, 0.1) is 0 Å². The zero-order valence-electron chi connectivity index (χ0n) is 17.7. The van der Waals surface area contributed by atoms with Crippen LogP contribution in [0.4, 0.5) is 4.79 Å². The molecule has 0 N–H and O–H groups in total. The van der Waals surface area contributed by atoms with Crippen molar-refractivity contribution in [2.24, 2.45) is 0 Å². The second-order valence-electron chi connectivity index (χ2n) is 8.91. The predicted molar refractivity (Wildman–Crippen MR) is 114 cm³/mol. The van der Waals surface area contributed by atoms with Crippen LogP contribution in [-0.4, -0.2) is 71.1 Å². The molecule has 0 aromatic heterocycles. The molecule has 6 nitrogen and oxygen atoms in total. The summed E-state index contributed by atoms with van der Waals surface area (Å²) >= 11 is 5.97. The van der Waals surface area contributed by atoms with E-state index >= 15 is 0 Å². The number of hydrogen-bond donors (Lipinski definition) is 0. The largest absolute Gasteiger partial charge is 0.444 e. The maximum atomic E-state index is 13.2. The molecule has 2 heterocycles. The molecule has 2 saturated heterocycles. The van der Waals surface area contributed by atoms with Crippen molar-refractivity contribution >= 4 is 23.6 Å². The van der Waals surface area contributed by atoms with E-state index in [1.807, 2.05) is 49.9 Å². The quantitative estimate of drug-likeness (QED) is 0.745. The number of carbonyl (C=O) groups is 2. The Morgan fingerprint density at radius 2 is 1.76 bits per heavy atom. The van der Waals surface area contributed by atoms with E-state index in [2.05, 4.69) is 4.90 Å². The van der Waals surface area contributed by atoms with Gasteiger partial charge in [-0.15, -0.1) is 0 Å². The highest BCUT2D eigenvalue weighted by Gasteiger charge is 2.38. The Morgan fingerprint density at radius 1 is 1.03 bits per heavy atom. The Hall–Kier alpha value is -1.79. The molecule has 160 valence electrons. The van der Waals surface area contributed by atoms with Crippen molar-refractivity contribution in [2.45, 2.75) is 58.2 Å². The minimum absolute atomic E-state index is 0.0571. The number of amides is 2. The molecule has 3 rings (SSSR count). The smallest absolute Gasteiger partial charge is 0.410 e. The van der Waals surface area contributed by atoms with Crippen LogP contribution in [0.1, 0.15) is 45.6 Å². The summed E-state index contributed by atoms with van der Waals surface area (Å²) in [5, 5.41) is 0.743. The van der Waals surface area contributed by atoms with Crippen molar-refractivity contribution in [2.75, 3.05) is 32.7 Å². The maximum absolute atomic E-state index is 13.2. The van der Waals surface area contributed by atoms with Gasteiger partial charge in [-0.3, -0.25) is 14.6 Å². The number of carbonyl (C=O) groups excluding carboxylic acids is 2. The molecule has 0 spiro atoms. The Morgan fingerprint density at radius 3 is 2.45 bits per heavy atom. The zero-order valence-corrected chi connectivity index (χ0v) is 18.5. The van der Waals surface area contributed by atoms with E-state index in [9.17, 15) is 9.59 Å². The normalized spacial score (nSPS) is 21.2. The SMILES string of the molecule is CC(C)(C)OC(=O)N1CCCC1C(=O)N1CCCN(Cc2ccc(Cl)cc2)CC1. The third-order valence-corrected chi connectivity index (χ3v) is 5.64. The monoisotopic (exact) mass is 421 g/mol. The van der Waals surface area contributed by atoms with E-state index in [-0.39, 0.29) is 12.0 Å². The molecular formula is C22H32ClN3O3. The van der Waals surface area contributed by atoms with Crippen LogP contribution in [-0.2, 0) is 16.1 Å². The lowest BCUT2D eigenvalue weighted by molar-refractivity contribution is -0.135. The molecule has 2 aliphatic heterocycles. The molecule has 1 unspecified atom stereocenters. The first-order valence-electron chi connectivity index (χ1n) is 10.5. The predicted octanol–water partition coefficient (Wildman–Crippen LogP) is 3.77. The van der Waals surface area contributed by atoms with E-state index < -0.39 is 11.6 Å². The average Bonchev–Trinajstić information content (AvgIpc) is 3.03. The molecule has 29 heavy (non-hydrogen) atoms. The number of hydrogen-bond acceptors (Lipinski definition) is 4. The van der Waals surface area contributed by atoms with Gasteiger partial charge < -0.3 is 9.64 Å². The van der Waals surface area contributed by atoms with Gasteiger partial charge in [-0.2, -0.15) is 0 Å². The summed E-state index contributed by atoms with van der Waals surface area (Å²) in [6.07, 6.45) is 2.10. The first-order chi connectivity index (χ1) is 13.7. The van der Waals surface area contributed by atoms with Crippen molar-refractivity contribution in [3.05, 3.63) is 34.9 Å². The van der Waals surface area contributed by atoms with E-state index in [1.165, 1.54) is 5.56 Å². The topological polar surface area (TPSA) is 53.1 Å². The summed E-state index contributed by atoms with van der Waals surface area (Å²) in [4.78, 5) is 31.6. The number of nitrogens with zero attached hydrogens (tertiary/aromatic N) is 3. The van der Waals surface area contributed by atoms with Gasteiger partial charge >= 0.3 is 6.09 Å². The van der Waals surface area contributed by atoms with Crippen LogP contribution in [0.5, 0.6) is 0 Å². The highest BCUT2D eigenvalue weighted by Crippen LogP contribution is 2.23. The lowest BCUT2D eigenvalue weighted by Crippen LogP contribution is -2.49. The molecule has 1 aromatic carbocycles. The number of likely N-dealkylation sites (tertiary alicyclic amines) is 1. The van der Waals surface area contributed by atoms with E-state index in [0.717, 1.165) is 44.0 Å². The van der Waals surface area contributed by atoms with Crippen molar-refractivity contribution < 1.29 is 14.3 Å². The molecule has 0 aliphatic carbocycles. The van der Waals surface area contributed by atoms with Gasteiger partial charge in [-0.1, -0.05) is 23.7 Å². The maximum Gasteiger partial charge on any atom is 0.410 e. The van der Waals surface area contributed by atoms with Crippen molar-refractivity contribution in [1.29, 1.82) is 0 Å². The molecule has 0 saturated carbocycles. The van der Waals surface area contributed by atoms with Crippen molar-refractivity contribution in [1.82, 2.24) is 14.7 Å². The Bertz CT molecular complexity index is 717. The molecule has 0 bridgehead atoms. The number of ether oxygens (including phenoxy) is 1. The molecule has 7 heteroatoms. The summed E-state index contributed by atoms with van der Waals surface area (Å²) in [6, 6.07) is 7.53. The fourth-order valence-electron chi connectivity index (χ4n) is 3.97. The fourth-order valence-corrected chi connectivity index (χ4v) is 4.10. The summed E-state index contributed by atoms with van der Waals surface area (Å²) in [6.45, 7) is 10.2. The second kappa shape index (κ2) is 9.35. The van der Waals surface area contributed by atoms with E-state index in [4.69, 9.17) is 16.3 Å². The van der Waals surface area contributed by atoms with Crippen LogP contribution >= 0.6 is 11.6 Å². The number of benzene rings is 1. The van der Waals surface area contributed by atoms with Crippen LogP contribution in [0.2, 0.25) is 5.02 Å². The molecule has 0 radical (unpaired) electrons. The highest BCUT2D eigenvalue weighted by molar-refractivity contribution is 6.30. The van der Waals surface area contributed by atoms with Gasteiger partial charge in [-0.25, -0.2) is 4.79 Å². The minimum atomic E-state index is -0.557. The molecule has 1 atom stereocenters. The standard InChI is InChI=1S/C22H32ClN3O3/c1-22(2,3)29-21(28)26-13-4-6-19(26)20(27)25-12-5-11-24(14-15-25)16-17-7-9-18(23)10-8-17/h7-10,19H,4-6,11-16H2,1-3H3. The minimum Gasteiger partial charge on any atom is -0.444 e. The lowest BCUT2D eigenvalue weighted by atomic mass is 10.2. The van der Waals surface area contributed by atoms with Gasteiger partial charge in [0.2, 0.25) is 5.91 Å². The van der Waals surface area contributed by atoms with Crippen LogP contribution < -0.4 is 0 Å². The first-order valence-corrected chi connectivity index (χ1v) is 10.9. The highest BCUT2D eigenvalue weighted by atomic mass is 35.5. The molecule has 2 amide bonds. The Balaban J connectivity index is 1.57. The van der Waals surface area contributed by atoms with Crippen molar-refractivity contribution in [3.8, 4) is 0 Å². The van der Waals surface area contributed by atoms with E-state index in [0.29, 0.717) is 19.5 Å². The van der Waals surface area contributed by atoms with Gasteiger partial charge in [-0.05, 0) is 57.7 Å². The van der Waals surface area contributed by atoms with Crippen LogP contribution in [0.25, 0.3) is 0 Å².